The molecule has 70 heavy (non-hydrogen) atoms. The summed E-state index contributed by atoms with van der Waals surface area (Å²) in [5.41, 5.74) is -3.64. The van der Waals surface area contributed by atoms with Crippen molar-refractivity contribution >= 4 is 40.2 Å². The molecule has 0 bridgehead atoms. The van der Waals surface area contributed by atoms with Crippen molar-refractivity contribution in [2.75, 3.05) is 63.4 Å². The van der Waals surface area contributed by atoms with E-state index in [1.54, 1.807) is 59.7 Å². The first kappa shape index (κ1) is 49.0. The topological polar surface area (TPSA) is 115 Å². The van der Waals surface area contributed by atoms with Gasteiger partial charge in [0.15, 0.2) is 11.6 Å². The fourth-order valence-electron chi connectivity index (χ4n) is 10.3. The van der Waals surface area contributed by atoms with Crippen molar-refractivity contribution in [1.29, 1.82) is 0 Å². The second kappa shape index (κ2) is 18.7. The Morgan fingerprint density at radius 3 is 2.17 bits per heavy atom. The maximum absolute atomic E-state index is 18.0. The summed E-state index contributed by atoms with van der Waals surface area (Å²) in [7, 11) is 3.07. The summed E-state index contributed by atoms with van der Waals surface area (Å²) < 4.78 is 123. The van der Waals surface area contributed by atoms with Gasteiger partial charge in [-0.2, -0.15) is 23.1 Å². The van der Waals surface area contributed by atoms with Crippen molar-refractivity contribution in [3.63, 3.8) is 0 Å². The van der Waals surface area contributed by atoms with E-state index in [-0.39, 0.29) is 68.2 Å². The van der Waals surface area contributed by atoms with Crippen LogP contribution in [0.5, 0.6) is 23.3 Å². The molecular formula is C50H54ClF6N7O6. The molecule has 20 heteroatoms. The molecule has 0 radical (unpaired) electrons. The number of anilines is 2. The Hall–Kier alpha value is -5.95. The van der Waals surface area contributed by atoms with Crippen LogP contribution in [0.1, 0.15) is 70.1 Å². The maximum Gasteiger partial charge on any atom is 0.418 e. The van der Waals surface area contributed by atoms with E-state index in [4.69, 9.17) is 40.3 Å². The molecule has 13 nitrogen and oxygen atoms in total. The number of halogens is 7. The lowest BCUT2D eigenvalue weighted by atomic mass is 9.94. The van der Waals surface area contributed by atoms with Crippen LogP contribution in [0.4, 0.5) is 42.8 Å². The number of nitrogens with zero attached hydrogens (tertiary/aromatic N) is 7. The lowest BCUT2D eigenvalue weighted by Crippen LogP contribution is -2.63. The number of rotatable bonds is 12. The van der Waals surface area contributed by atoms with E-state index in [2.05, 4.69) is 9.97 Å². The molecule has 5 aromatic rings. The van der Waals surface area contributed by atoms with Crippen molar-refractivity contribution in [1.82, 2.24) is 24.8 Å². The standard InChI is InChI=1S/C50H54ClF6N7O6/c1-7-34-35-25-68-43-38-42(59-45(69-28-48-19-8-20-62(48)27-49(53,54)26-48)60-44(38)63(35)21-22-64(34)46(65)70-47(2,3)4)40(52)37(39(43)51)41-33(50(55,56)57)17-18-36(58-41)61(23-29-9-13-31(66-5)14-10-29)24-30-11-15-32(67-6)16-12-30/h9-18,34-35H,7-8,19-28H2,1-6H3/t34-,35+,48+/m0/s1. The number of carbonyl (C=O) groups excluding carboxylic acids is 1. The summed E-state index contributed by atoms with van der Waals surface area (Å²) in [5.74, 6) is -3.08. The molecule has 0 unspecified atom stereocenters. The molecule has 0 aliphatic carbocycles. The van der Waals surface area contributed by atoms with Crippen LogP contribution < -0.4 is 28.7 Å². The zero-order chi connectivity index (χ0) is 49.9. The largest absolute Gasteiger partial charge is 0.497 e. The van der Waals surface area contributed by atoms with Gasteiger partial charge in [0.1, 0.15) is 47.5 Å². The van der Waals surface area contributed by atoms with Gasteiger partial charge in [0.2, 0.25) is 0 Å². The molecule has 0 spiro atoms. The van der Waals surface area contributed by atoms with Gasteiger partial charge in [-0.25, -0.2) is 22.9 Å². The Morgan fingerprint density at radius 1 is 0.914 bits per heavy atom. The van der Waals surface area contributed by atoms with Crippen LogP contribution in [-0.4, -0.2) is 114 Å². The minimum absolute atomic E-state index is 0.0416. The van der Waals surface area contributed by atoms with E-state index >= 15 is 17.6 Å². The second-order valence-electron chi connectivity index (χ2n) is 19.3. The normalized spacial score (nSPS) is 20.9. The Balaban J connectivity index is 1.20. The number of hydrogen-bond donors (Lipinski definition) is 0. The first-order valence-corrected chi connectivity index (χ1v) is 23.6. The van der Waals surface area contributed by atoms with Gasteiger partial charge in [0.25, 0.3) is 5.92 Å². The quantitative estimate of drug-likeness (QED) is 0.111. The summed E-state index contributed by atoms with van der Waals surface area (Å²) in [5, 5.41) is -0.554. The summed E-state index contributed by atoms with van der Waals surface area (Å²) >= 11 is 7.19. The number of hydrogen-bond acceptors (Lipinski definition) is 12. The Kier molecular flexibility index (Phi) is 13.1. The number of amides is 1. The highest BCUT2D eigenvalue weighted by Crippen LogP contribution is 2.52. The van der Waals surface area contributed by atoms with Gasteiger partial charge in [0, 0.05) is 32.6 Å². The van der Waals surface area contributed by atoms with E-state index in [1.807, 2.05) is 36.1 Å². The first-order chi connectivity index (χ1) is 33.2. The lowest BCUT2D eigenvalue weighted by Gasteiger charge is -2.47. The lowest BCUT2D eigenvalue weighted by molar-refractivity contribution is -0.137. The molecule has 374 valence electrons. The van der Waals surface area contributed by atoms with Crippen molar-refractivity contribution in [2.45, 2.75) is 102 Å². The molecular weight excluding hydrogens is 944 g/mol. The van der Waals surface area contributed by atoms with E-state index in [1.165, 1.54) is 20.3 Å². The zero-order valence-electron chi connectivity index (χ0n) is 39.6. The summed E-state index contributed by atoms with van der Waals surface area (Å²) in [4.78, 5) is 34.4. The van der Waals surface area contributed by atoms with Gasteiger partial charge in [-0.1, -0.05) is 42.8 Å². The van der Waals surface area contributed by atoms with Gasteiger partial charge >= 0.3 is 18.3 Å². The van der Waals surface area contributed by atoms with Crippen LogP contribution in [0, 0.1) is 5.82 Å². The number of carbonyl (C=O) groups is 1. The molecule has 3 aromatic carbocycles. The predicted octanol–water partition coefficient (Wildman–Crippen LogP) is 10.6. The highest BCUT2D eigenvalue weighted by Gasteiger charge is 2.57. The van der Waals surface area contributed by atoms with Gasteiger partial charge in [0.05, 0.1) is 65.6 Å². The van der Waals surface area contributed by atoms with Crippen LogP contribution in [-0.2, 0) is 24.0 Å². The number of benzene rings is 3. The summed E-state index contributed by atoms with van der Waals surface area (Å²) in [6.07, 6.45) is -4.59. The van der Waals surface area contributed by atoms with Crippen LogP contribution >= 0.6 is 11.6 Å². The fourth-order valence-corrected chi connectivity index (χ4v) is 10.6. The van der Waals surface area contributed by atoms with Crippen LogP contribution in [0.25, 0.3) is 22.2 Å². The number of aromatic nitrogens is 3. The third-order valence-corrected chi connectivity index (χ3v) is 13.9. The van der Waals surface area contributed by atoms with E-state index < -0.39 is 87.6 Å². The summed E-state index contributed by atoms with van der Waals surface area (Å²) in [6, 6.07) is 14.8. The maximum atomic E-state index is 18.0. The van der Waals surface area contributed by atoms with E-state index in [0.717, 1.165) is 17.2 Å². The average Bonchev–Trinajstić information content (AvgIpc) is 3.74. The fraction of sp³-hybridized carbons (Fsp3) is 0.480. The molecule has 3 saturated heterocycles. The Bertz CT molecular complexity index is 2710. The van der Waals surface area contributed by atoms with Crippen LogP contribution in [0.15, 0.2) is 60.7 Å². The highest BCUT2D eigenvalue weighted by molar-refractivity contribution is 6.36. The van der Waals surface area contributed by atoms with Crippen molar-refractivity contribution in [2.24, 2.45) is 0 Å². The summed E-state index contributed by atoms with van der Waals surface area (Å²) in [6.45, 7) is 7.33. The molecule has 3 fully saturated rings. The zero-order valence-corrected chi connectivity index (χ0v) is 40.4. The van der Waals surface area contributed by atoms with Gasteiger partial charge in [-0.05, 0) is 94.1 Å². The number of methoxy groups -OCH3 is 2. The molecule has 2 aromatic heterocycles. The second-order valence-corrected chi connectivity index (χ2v) is 19.7. The molecule has 0 saturated carbocycles. The SMILES string of the molecule is CC[C@H]1[C@H]2COc3c(Cl)c(-c4nc(N(Cc5ccc(OC)cc5)Cc5ccc(OC)cc5)ccc4C(F)(F)F)c(F)c4nc(OC[C@]56CCCN5CC(F)(F)C6)nc(c34)N2CCN1C(=O)OC(C)(C)C. The first-order valence-electron chi connectivity index (χ1n) is 23.2. The highest BCUT2D eigenvalue weighted by atomic mass is 35.5. The Morgan fingerprint density at radius 2 is 1.57 bits per heavy atom. The molecule has 0 N–H and O–H groups in total. The molecule has 3 atom stereocenters. The van der Waals surface area contributed by atoms with Crippen molar-refractivity contribution in [3.8, 4) is 34.5 Å². The minimum atomic E-state index is -5.06. The number of alkyl halides is 5. The molecule has 4 aliphatic heterocycles. The number of pyridine rings is 1. The van der Waals surface area contributed by atoms with E-state index in [9.17, 15) is 13.6 Å². The number of ether oxygens (including phenoxy) is 5. The van der Waals surface area contributed by atoms with Gasteiger partial charge in [-0.3, -0.25) is 4.90 Å². The molecule has 9 rings (SSSR count). The van der Waals surface area contributed by atoms with Crippen LogP contribution in [0.3, 0.4) is 0 Å². The molecule has 6 heterocycles. The molecule has 1 amide bonds. The van der Waals surface area contributed by atoms with Crippen molar-refractivity contribution < 1.29 is 54.8 Å². The van der Waals surface area contributed by atoms with E-state index in [0.29, 0.717) is 37.3 Å². The monoisotopic (exact) mass is 997 g/mol. The Labute approximate surface area is 406 Å². The predicted molar refractivity (Wildman–Crippen MR) is 251 cm³/mol. The van der Waals surface area contributed by atoms with Gasteiger partial charge in [-0.15, -0.1) is 0 Å². The van der Waals surface area contributed by atoms with Crippen LogP contribution in [0.2, 0.25) is 5.02 Å². The van der Waals surface area contributed by atoms with Crippen molar-refractivity contribution in [3.05, 3.63) is 88.2 Å². The third-order valence-electron chi connectivity index (χ3n) is 13.5. The number of fused-ring (bicyclic) bond motifs is 3. The minimum Gasteiger partial charge on any atom is -0.497 e. The molecule has 4 aliphatic rings. The smallest absolute Gasteiger partial charge is 0.418 e. The third kappa shape index (κ3) is 9.50. The van der Waals surface area contributed by atoms with Gasteiger partial charge < -0.3 is 38.4 Å². The number of piperazine rings is 1. The average molecular weight is 998 g/mol.